The highest BCUT2D eigenvalue weighted by Crippen LogP contribution is 2.39. The van der Waals surface area contributed by atoms with Gasteiger partial charge in [0.25, 0.3) is 0 Å². The predicted molar refractivity (Wildman–Crippen MR) is 92.0 cm³/mol. The lowest BCUT2D eigenvalue weighted by Crippen LogP contribution is -2.56. The molecule has 1 saturated carbocycles. The molecule has 1 aliphatic carbocycles. The third-order valence-corrected chi connectivity index (χ3v) is 5.53. The van der Waals surface area contributed by atoms with E-state index in [0.29, 0.717) is 18.9 Å². The Morgan fingerprint density at radius 2 is 1.76 bits per heavy atom. The van der Waals surface area contributed by atoms with Crippen molar-refractivity contribution in [2.24, 2.45) is 17.3 Å². The van der Waals surface area contributed by atoms with Crippen LogP contribution in [-0.2, 0) is 14.3 Å². The van der Waals surface area contributed by atoms with Gasteiger partial charge in [0.2, 0.25) is 5.91 Å². The monoisotopic (exact) mass is 354 g/mol. The number of nitrogens with zero attached hydrogens (tertiary/aromatic N) is 1. The van der Waals surface area contributed by atoms with E-state index >= 15 is 0 Å². The maximum atomic E-state index is 13.1. The van der Waals surface area contributed by atoms with Gasteiger partial charge in [-0.15, -0.1) is 0 Å². The molecule has 1 saturated heterocycles. The number of nitrogens with one attached hydrogen (secondary N) is 1. The van der Waals surface area contributed by atoms with Gasteiger partial charge in [-0.25, -0.2) is 9.59 Å². The van der Waals surface area contributed by atoms with E-state index in [-0.39, 0.29) is 11.8 Å². The van der Waals surface area contributed by atoms with Crippen LogP contribution in [0.5, 0.6) is 0 Å². The molecule has 3 atom stereocenters. The van der Waals surface area contributed by atoms with Gasteiger partial charge in [-0.05, 0) is 23.7 Å². The predicted octanol–water partition coefficient (Wildman–Crippen LogP) is 2.25. The number of alkyl carbamates (subject to hydrolysis) is 1. The van der Waals surface area contributed by atoms with Crippen LogP contribution in [0, 0.1) is 17.3 Å². The van der Waals surface area contributed by atoms with Gasteiger partial charge in [-0.2, -0.15) is 0 Å². The Morgan fingerprint density at radius 3 is 2.24 bits per heavy atom. The fourth-order valence-corrected chi connectivity index (χ4v) is 4.11. The Morgan fingerprint density at radius 1 is 1.16 bits per heavy atom. The number of carbonyl (C=O) groups is 3. The van der Waals surface area contributed by atoms with Crippen LogP contribution in [0.4, 0.5) is 4.79 Å². The van der Waals surface area contributed by atoms with Gasteiger partial charge in [0.15, 0.2) is 0 Å². The number of hydrogen-bond donors (Lipinski definition) is 2. The minimum Gasteiger partial charge on any atom is -0.480 e. The molecule has 0 radical (unpaired) electrons. The normalized spacial score (nSPS) is 25.7. The molecule has 0 aromatic carbocycles. The fourth-order valence-electron chi connectivity index (χ4n) is 4.11. The van der Waals surface area contributed by atoms with E-state index in [1.165, 1.54) is 24.9 Å². The number of hydrogen-bond acceptors (Lipinski definition) is 4. The lowest BCUT2D eigenvalue weighted by atomic mass is 9.85. The van der Waals surface area contributed by atoms with E-state index in [9.17, 15) is 19.5 Å². The minimum absolute atomic E-state index is 0.228. The van der Waals surface area contributed by atoms with E-state index in [2.05, 4.69) is 10.1 Å². The van der Waals surface area contributed by atoms with E-state index < -0.39 is 29.6 Å². The molecule has 142 valence electrons. The molecule has 0 spiro atoms. The highest BCUT2D eigenvalue weighted by Gasteiger charge is 2.46. The number of carboxylic acid groups (broad SMARTS) is 1. The Labute approximate surface area is 149 Å². The molecule has 2 fully saturated rings. The second-order valence-electron chi connectivity index (χ2n) is 8.32. The van der Waals surface area contributed by atoms with Gasteiger partial charge in [-0.3, -0.25) is 4.79 Å². The van der Waals surface area contributed by atoms with E-state index in [4.69, 9.17) is 0 Å². The first-order chi connectivity index (χ1) is 11.6. The van der Waals surface area contributed by atoms with Crippen molar-refractivity contribution in [2.45, 2.75) is 65.0 Å². The van der Waals surface area contributed by atoms with Gasteiger partial charge in [0.1, 0.15) is 12.1 Å². The highest BCUT2D eigenvalue weighted by molar-refractivity contribution is 5.90. The summed E-state index contributed by atoms with van der Waals surface area (Å²) in [5.41, 5.74) is -0.556. The van der Waals surface area contributed by atoms with Crippen molar-refractivity contribution >= 4 is 18.0 Å². The summed E-state index contributed by atoms with van der Waals surface area (Å²) in [5, 5.41) is 12.2. The van der Waals surface area contributed by atoms with Gasteiger partial charge >= 0.3 is 12.1 Å². The number of methoxy groups -OCH3 is 1. The highest BCUT2D eigenvalue weighted by atomic mass is 16.5. The Balaban J connectivity index is 2.20. The molecular weight excluding hydrogens is 324 g/mol. The summed E-state index contributed by atoms with van der Waals surface area (Å²) < 4.78 is 4.63. The zero-order valence-corrected chi connectivity index (χ0v) is 15.6. The van der Waals surface area contributed by atoms with Crippen LogP contribution in [0.2, 0.25) is 0 Å². The Hall–Kier alpha value is -1.79. The van der Waals surface area contributed by atoms with E-state index in [1.54, 1.807) is 0 Å². The summed E-state index contributed by atoms with van der Waals surface area (Å²) in [6, 6.07) is -1.65. The van der Waals surface area contributed by atoms with Crippen LogP contribution >= 0.6 is 0 Å². The largest absolute Gasteiger partial charge is 0.480 e. The van der Waals surface area contributed by atoms with Crippen molar-refractivity contribution in [1.29, 1.82) is 0 Å². The van der Waals surface area contributed by atoms with Crippen molar-refractivity contribution in [1.82, 2.24) is 10.2 Å². The lowest BCUT2D eigenvalue weighted by molar-refractivity contribution is -0.150. The van der Waals surface area contributed by atoms with Crippen molar-refractivity contribution in [2.75, 3.05) is 13.7 Å². The molecule has 7 nitrogen and oxygen atoms in total. The summed E-state index contributed by atoms with van der Waals surface area (Å²) in [6.45, 7) is 5.97. The van der Waals surface area contributed by atoms with Crippen LogP contribution in [0.15, 0.2) is 0 Å². The molecule has 0 aromatic rings. The minimum atomic E-state index is -0.973. The van der Waals surface area contributed by atoms with Crippen molar-refractivity contribution in [3.05, 3.63) is 0 Å². The number of ether oxygens (including phenoxy) is 1. The maximum Gasteiger partial charge on any atom is 0.407 e. The summed E-state index contributed by atoms with van der Waals surface area (Å²) >= 11 is 0. The van der Waals surface area contributed by atoms with Gasteiger partial charge in [-0.1, -0.05) is 46.5 Å². The lowest BCUT2D eigenvalue weighted by Gasteiger charge is -2.34. The fraction of sp³-hybridized carbons (Fsp3) is 0.833. The zero-order chi connectivity index (χ0) is 18.8. The standard InChI is InChI=1S/C18H30N2O5/c1-18(2,3)14(19-17(24)25-4)15(21)20-10-12(9-13(20)16(22)23)11-7-5-6-8-11/h11-14H,5-10H2,1-4H3,(H,19,24)(H,22,23)/t12?,13?,14-/m1/s1. The Kier molecular flexibility index (Phi) is 5.95. The molecule has 7 heteroatoms. The molecule has 1 heterocycles. The van der Waals surface area contributed by atoms with E-state index in [0.717, 1.165) is 12.8 Å². The van der Waals surface area contributed by atoms with Crippen molar-refractivity contribution in [3.8, 4) is 0 Å². The number of carbonyl (C=O) groups excluding carboxylic acids is 2. The molecule has 1 aliphatic heterocycles. The first kappa shape index (κ1) is 19.5. The smallest absolute Gasteiger partial charge is 0.407 e. The molecule has 0 aromatic heterocycles. The molecule has 0 bridgehead atoms. The van der Waals surface area contributed by atoms with Gasteiger partial charge in [0.05, 0.1) is 7.11 Å². The quantitative estimate of drug-likeness (QED) is 0.807. The molecule has 25 heavy (non-hydrogen) atoms. The second-order valence-corrected chi connectivity index (χ2v) is 8.32. The zero-order valence-electron chi connectivity index (χ0n) is 15.6. The number of carboxylic acids is 1. The number of aliphatic carboxylic acids is 1. The topological polar surface area (TPSA) is 95.9 Å². The Bertz CT molecular complexity index is 522. The third kappa shape index (κ3) is 4.44. The average molecular weight is 354 g/mol. The molecular formula is C18H30N2O5. The first-order valence-electron chi connectivity index (χ1n) is 9.03. The number of rotatable bonds is 4. The third-order valence-electron chi connectivity index (χ3n) is 5.53. The van der Waals surface area contributed by atoms with E-state index in [1.807, 2.05) is 20.8 Å². The van der Waals surface area contributed by atoms with Crippen LogP contribution in [0.25, 0.3) is 0 Å². The second kappa shape index (κ2) is 7.62. The van der Waals surface area contributed by atoms with Crippen molar-refractivity contribution in [3.63, 3.8) is 0 Å². The number of likely N-dealkylation sites (tertiary alicyclic amines) is 1. The maximum absolute atomic E-state index is 13.1. The summed E-state index contributed by atoms with van der Waals surface area (Å²) in [6.07, 6.45) is 4.40. The molecule has 2 rings (SSSR count). The average Bonchev–Trinajstić information content (AvgIpc) is 3.18. The van der Waals surface area contributed by atoms with Gasteiger partial charge < -0.3 is 20.1 Å². The van der Waals surface area contributed by atoms with Crippen LogP contribution in [0.1, 0.15) is 52.9 Å². The van der Waals surface area contributed by atoms with Gasteiger partial charge in [0, 0.05) is 6.54 Å². The summed E-state index contributed by atoms with van der Waals surface area (Å²) in [4.78, 5) is 37.9. The van der Waals surface area contributed by atoms with Crippen LogP contribution < -0.4 is 5.32 Å². The SMILES string of the molecule is COC(=O)N[C@H](C(=O)N1CC(C2CCCC2)CC1C(=O)O)C(C)(C)C. The summed E-state index contributed by atoms with van der Waals surface area (Å²) in [5.74, 6) is -0.585. The van der Waals surface area contributed by atoms with Crippen LogP contribution in [0.3, 0.4) is 0 Å². The summed E-state index contributed by atoms with van der Waals surface area (Å²) in [7, 11) is 1.24. The molecule has 2 N–H and O–H groups in total. The number of amides is 2. The molecule has 2 aliphatic rings. The van der Waals surface area contributed by atoms with Crippen molar-refractivity contribution < 1.29 is 24.2 Å². The molecule has 2 unspecified atom stereocenters. The molecule has 2 amide bonds. The van der Waals surface area contributed by atoms with Crippen LogP contribution in [-0.4, -0.2) is 53.7 Å². The first-order valence-corrected chi connectivity index (χ1v) is 9.03.